The monoisotopic (exact) mass is 368 g/mol. The number of rotatable bonds is 7. The van der Waals surface area contributed by atoms with Gasteiger partial charge < -0.3 is 19.7 Å². The van der Waals surface area contributed by atoms with Crippen LogP contribution in [-0.2, 0) is 16.1 Å². The molecule has 1 unspecified atom stereocenters. The lowest BCUT2D eigenvalue weighted by atomic mass is 10.0. The van der Waals surface area contributed by atoms with Crippen LogP contribution < -0.4 is 14.8 Å². The van der Waals surface area contributed by atoms with E-state index in [2.05, 4.69) is 5.32 Å². The Morgan fingerprint density at radius 1 is 1.11 bits per heavy atom. The van der Waals surface area contributed by atoms with Crippen LogP contribution in [0.15, 0.2) is 48.5 Å². The van der Waals surface area contributed by atoms with Crippen molar-refractivity contribution in [3.05, 3.63) is 59.7 Å². The Bertz CT molecular complexity index is 807. The fourth-order valence-electron chi connectivity index (χ4n) is 3.12. The number of carbonyl (C=O) groups is 2. The van der Waals surface area contributed by atoms with Gasteiger partial charge >= 0.3 is 0 Å². The second kappa shape index (κ2) is 8.58. The summed E-state index contributed by atoms with van der Waals surface area (Å²) in [7, 11) is 0. The number of nitrogens with one attached hydrogen (secondary N) is 1. The highest BCUT2D eigenvalue weighted by Crippen LogP contribution is 2.33. The van der Waals surface area contributed by atoms with Gasteiger partial charge in [-0.2, -0.15) is 0 Å². The molecule has 27 heavy (non-hydrogen) atoms. The average molecular weight is 368 g/mol. The Balaban J connectivity index is 1.70. The molecular weight excluding hydrogens is 344 g/mol. The zero-order valence-electron chi connectivity index (χ0n) is 15.6. The van der Waals surface area contributed by atoms with E-state index < -0.39 is 0 Å². The van der Waals surface area contributed by atoms with Crippen molar-refractivity contribution >= 4 is 11.8 Å². The van der Waals surface area contributed by atoms with Crippen LogP contribution in [0.3, 0.4) is 0 Å². The van der Waals surface area contributed by atoms with Gasteiger partial charge in [-0.1, -0.05) is 36.4 Å². The molecule has 0 saturated carbocycles. The average Bonchev–Trinajstić information content (AvgIpc) is 3.13. The maximum absolute atomic E-state index is 12.9. The molecule has 6 heteroatoms. The normalized spacial score (nSPS) is 13.1. The predicted octanol–water partition coefficient (Wildman–Crippen LogP) is 3.03. The van der Waals surface area contributed by atoms with Crippen molar-refractivity contribution in [2.45, 2.75) is 32.9 Å². The third kappa shape index (κ3) is 4.78. The highest BCUT2D eigenvalue weighted by Gasteiger charge is 2.21. The van der Waals surface area contributed by atoms with Gasteiger partial charge in [-0.3, -0.25) is 9.59 Å². The molecule has 0 fully saturated rings. The Labute approximate surface area is 159 Å². The summed E-state index contributed by atoms with van der Waals surface area (Å²) < 4.78 is 10.7. The van der Waals surface area contributed by atoms with Crippen LogP contribution in [0, 0.1) is 0 Å². The SMILES string of the molecule is CCN(Cc1ccc2c(c1)OCO2)C(=O)CC(NC(C)=O)c1ccccc1. The third-order valence-corrected chi connectivity index (χ3v) is 4.50. The van der Waals surface area contributed by atoms with Gasteiger partial charge in [-0.25, -0.2) is 0 Å². The zero-order chi connectivity index (χ0) is 19.2. The first-order chi connectivity index (χ1) is 13.1. The molecule has 1 aliphatic heterocycles. The molecule has 0 bridgehead atoms. The molecular formula is C21H24N2O4. The number of hydrogen-bond donors (Lipinski definition) is 1. The molecule has 6 nitrogen and oxygen atoms in total. The summed E-state index contributed by atoms with van der Waals surface area (Å²) in [5.74, 6) is 1.26. The van der Waals surface area contributed by atoms with Gasteiger partial charge in [0.1, 0.15) is 0 Å². The number of nitrogens with zero attached hydrogens (tertiary/aromatic N) is 1. The van der Waals surface area contributed by atoms with Crippen molar-refractivity contribution in [2.24, 2.45) is 0 Å². The first kappa shape index (κ1) is 18.8. The van der Waals surface area contributed by atoms with Gasteiger partial charge in [0.15, 0.2) is 11.5 Å². The van der Waals surface area contributed by atoms with Gasteiger partial charge in [0.25, 0.3) is 0 Å². The van der Waals surface area contributed by atoms with Gasteiger partial charge in [0.2, 0.25) is 18.6 Å². The van der Waals surface area contributed by atoms with Gasteiger partial charge in [-0.05, 0) is 30.2 Å². The molecule has 1 aliphatic rings. The van der Waals surface area contributed by atoms with Crippen molar-refractivity contribution in [1.82, 2.24) is 10.2 Å². The van der Waals surface area contributed by atoms with E-state index >= 15 is 0 Å². The second-order valence-electron chi connectivity index (χ2n) is 6.46. The Kier molecular flexibility index (Phi) is 5.96. The van der Waals surface area contributed by atoms with Crippen molar-refractivity contribution in [2.75, 3.05) is 13.3 Å². The minimum absolute atomic E-state index is 0.0160. The van der Waals surface area contributed by atoms with E-state index in [9.17, 15) is 9.59 Å². The van der Waals surface area contributed by atoms with Gasteiger partial charge in [0.05, 0.1) is 12.5 Å². The summed E-state index contributed by atoms with van der Waals surface area (Å²) in [5, 5.41) is 2.88. The summed E-state index contributed by atoms with van der Waals surface area (Å²) >= 11 is 0. The van der Waals surface area contributed by atoms with Crippen molar-refractivity contribution in [3.8, 4) is 11.5 Å². The highest BCUT2D eigenvalue weighted by atomic mass is 16.7. The summed E-state index contributed by atoms with van der Waals surface area (Å²) in [5.41, 5.74) is 1.89. The third-order valence-electron chi connectivity index (χ3n) is 4.50. The highest BCUT2D eigenvalue weighted by molar-refractivity contribution is 5.79. The molecule has 2 aromatic rings. The van der Waals surface area contributed by atoms with Crippen LogP contribution in [0.4, 0.5) is 0 Å². The minimum atomic E-state index is -0.345. The van der Waals surface area contributed by atoms with Gasteiger partial charge in [-0.15, -0.1) is 0 Å². The largest absolute Gasteiger partial charge is 0.454 e. The Hall–Kier alpha value is -3.02. The molecule has 3 rings (SSSR count). The number of carbonyl (C=O) groups excluding carboxylic acids is 2. The summed E-state index contributed by atoms with van der Waals surface area (Å²) in [6.45, 7) is 4.69. The second-order valence-corrected chi connectivity index (χ2v) is 6.46. The molecule has 1 heterocycles. The molecule has 0 aliphatic carbocycles. The molecule has 2 aromatic carbocycles. The quantitative estimate of drug-likeness (QED) is 0.816. The molecule has 2 amide bonds. The smallest absolute Gasteiger partial charge is 0.231 e. The van der Waals surface area contributed by atoms with Crippen LogP contribution in [0.5, 0.6) is 11.5 Å². The molecule has 142 valence electrons. The lowest BCUT2D eigenvalue weighted by Gasteiger charge is -2.25. The maximum atomic E-state index is 12.9. The first-order valence-corrected chi connectivity index (χ1v) is 9.05. The van der Waals surface area contributed by atoms with E-state index in [-0.39, 0.29) is 31.1 Å². The zero-order valence-corrected chi connectivity index (χ0v) is 15.6. The van der Waals surface area contributed by atoms with Crippen LogP contribution in [0.25, 0.3) is 0 Å². The number of amides is 2. The van der Waals surface area contributed by atoms with E-state index in [0.717, 1.165) is 16.9 Å². The fourth-order valence-corrected chi connectivity index (χ4v) is 3.12. The predicted molar refractivity (Wildman–Crippen MR) is 101 cm³/mol. The van der Waals surface area contributed by atoms with Crippen LogP contribution in [0.1, 0.15) is 37.4 Å². The van der Waals surface area contributed by atoms with Crippen molar-refractivity contribution < 1.29 is 19.1 Å². The molecule has 0 saturated heterocycles. The van der Waals surface area contributed by atoms with E-state index in [4.69, 9.17) is 9.47 Å². The maximum Gasteiger partial charge on any atom is 0.231 e. The van der Waals surface area contributed by atoms with E-state index in [0.29, 0.717) is 18.8 Å². The number of hydrogen-bond acceptors (Lipinski definition) is 4. The topological polar surface area (TPSA) is 67.9 Å². The Morgan fingerprint density at radius 2 is 1.85 bits per heavy atom. The molecule has 0 spiro atoms. The first-order valence-electron chi connectivity index (χ1n) is 9.05. The van der Waals surface area contributed by atoms with Gasteiger partial charge in [0, 0.05) is 20.0 Å². The Morgan fingerprint density at radius 3 is 2.56 bits per heavy atom. The van der Waals surface area contributed by atoms with Crippen LogP contribution in [0.2, 0.25) is 0 Å². The minimum Gasteiger partial charge on any atom is -0.454 e. The van der Waals surface area contributed by atoms with Crippen LogP contribution in [-0.4, -0.2) is 30.1 Å². The van der Waals surface area contributed by atoms with E-state index in [1.807, 2.05) is 55.5 Å². The number of fused-ring (bicyclic) bond motifs is 1. The molecule has 0 aromatic heterocycles. The van der Waals surface area contributed by atoms with Crippen molar-refractivity contribution in [3.63, 3.8) is 0 Å². The fraction of sp³-hybridized carbons (Fsp3) is 0.333. The molecule has 1 atom stereocenters. The summed E-state index contributed by atoms with van der Waals surface area (Å²) in [6.07, 6.45) is 0.210. The molecule has 1 N–H and O–H groups in total. The van der Waals surface area contributed by atoms with E-state index in [1.165, 1.54) is 6.92 Å². The lowest BCUT2D eigenvalue weighted by Crippen LogP contribution is -2.35. The van der Waals surface area contributed by atoms with Crippen molar-refractivity contribution in [1.29, 1.82) is 0 Å². The summed E-state index contributed by atoms with van der Waals surface area (Å²) in [4.78, 5) is 26.3. The molecule has 0 radical (unpaired) electrons. The van der Waals surface area contributed by atoms with E-state index in [1.54, 1.807) is 4.90 Å². The standard InChI is InChI=1S/C21H24N2O4/c1-3-23(13-16-9-10-19-20(11-16)27-14-26-19)21(25)12-18(22-15(2)24)17-7-5-4-6-8-17/h4-11,18H,3,12-14H2,1-2H3,(H,22,24). The van der Waals surface area contributed by atoms with Crippen LogP contribution >= 0.6 is 0 Å². The number of benzene rings is 2. The summed E-state index contributed by atoms with van der Waals surface area (Å²) in [6, 6.07) is 14.9. The number of ether oxygens (including phenoxy) is 2. The lowest BCUT2D eigenvalue weighted by molar-refractivity contribution is -0.132.